The third-order valence-electron chi connectivity index (χ3n) is 3.39. The molecule has 1 fully saturated rings. The van der Waals surface area contributed by atoms with E-state index in [0.717, 1.165) is 11.8 Å². The van der Waals surface area contributed by atoms with Crippen molar-refractivity contribution in [3.8, 4) is 0 Å². The highest BCUT2D eigenvalue weighted by atomic mass is 32.2. The number of thioether (sulfide) groups is 2. The summed E-state index contributed by atoms with van der Waals surface area (Å²) < 4.78 is 0. The van der Waals surface area contributed by atoms with E-state index in [0.29, 0.717) is 11.3 Å². The number of nitrogens with zero attached hydrogens (tertiary/aromatic N) is 3. The van der Waals surface area contributed by atoms with Gasteiger partial charge in [0, 0.05) is 11.5 Å². The molecule has 3 heterocycles. The van der Waals surface area contributed by atoms with Crippen LogP contribution in [0, 0.1) is 0 Å². The first-order valence-electron chi connectivity index (χ1n) is 6.34. The maximum atomic E-state index is 11.8. The molecule has 1 saturated heterocycles. The summed E-state index contributed by atoms with van der Waals surface area (Å²) in [5.41, 5.74) is 5.88. The van der Waals surface area contributed by atoms with Gasteiger partial charge in [-0.3, -0.25) is 9.69 Å². The number of rotatable bonds is 5. The van der Waals surface area contributed by atoms with Gasteiger partial charge in [-0.15, -0.1) is 22.0 Å². The van der Waals surface area contributed by atoms with Gasteiger partial charge in [0.05, 0.1) is 0 Å². The molecule has 0 saturated carbocycles. The van der Waals surface area contributed by atoms with Crippen LogP contribution in [0.2, 0.25) is 0 Å². The second kappa shape index (κ2) is 5.86. The van der Waals surface area contributed by atoms with Crippen molar-refractivity contribution >= 4 is 41.4 Å². The number of hydrogen-bond acceptors (Lipinski definition) is 8. The summed E-state index contributed by atoms with van der Waals surface area (Å²) in [7, 11) is 0. The molecule has 10 nitrogen and oxygen atoms in total. The highest BCUT2D eigenvalue weighted by Gasteiger charge is 2.51. The molecule has 12 heteroatoms. The zero-order valence-electron chi connectivity index (χ0n) is 11.4. The molecule has 122 valence electrons. The lowest BCUT2D eigenvalue weighted by Gasteiger charge is -2.48. The molecule has 3 rings (SSSR count). The predicted molar refractivity (Wildman–Crippen MR) is 79.8 cm³/mol. The summed E-state index contributed by atoms with van der Waals surface area (Å²) in [6, 6.07) is -0.683. The van der Waals surface area contributed by atoms with E-state index in [1.54, 1.807) is 0 Å². The van der Waals surface area contributed by atoms with E-state index in [-0.39, 0.29) is 27.5 Å². The van der Waals surface area contributed by atoms with Gasteiger partial charge in [0.15, 0.2) is 5.03 Å². The Morgan fingerprint density at radius 2 is 2.13 bits per heavy atom. The molecule has 2 aliphatic heterocycles. The van der Waals surface area contributed by atoms with Crippen molar-refractivity contribution < 1.29 is 24.6 Å². The zero-order valence-corrected chi connectivity index (χ0v) is 13.1. The largest absolute Gasteiger partial charge is 0.477 e. The third kappa shape index (κ3) is 2.58. The van der Waals surface area contributed by atoms with Crippen molar-refractivity contribution in [1.29, 1.82) is 0 Å². The summed E-state index contributed by atoms with van der Waals surface area (Å²) in [5, 5.41) is 27.6. The standard InChI is InChI=1S/C11H11N5O5S2/c12-4-8(17)16-6(11(20)21)3(2-23-9(4)16)1-22-7-5(10(18)19)13-15-14-7/h4,9H,1-2,12H2,(H,18,19)(H,20,21)(H,13,14,15)/t4?,9-/m1/s1. The van der Waals surface area contributed by atoms with E-state index >= 15 is 0 Å². The highest BCUT2D eigenvalue weighted by molar-refractivity contribution is 8.01. The molecule has 0 bridgehead atoms. The summed E-state index contributed by atoms with van der Waals surface area (Å²) in [6.45, 7) is 0. The number of hydrogen-bond donors (Lipinski definition) is 4. The minimum absolute atomic E-state index is 0.0756. The molecule has 1 aromatic heterocycles. The van der Waals surface area contributed by atoms with Gasteiger partial charge in [-0.1, -0.05) is 11.8 Å². The Morgan fingerprint density at radius 1 is 1.39 bits per heavy atom. The van der Waals surface area contributed by atoms with Crippen LogP contribution in [0.3, 0.4) is 0 Å². The minimum Gasteiger partial charge on any atom is -0.477 e. The second-order valence-corrected chi connectivity index (χ2v) is 6.83. The lowest BCUT2D eigenvalue weighted by molar-refractivity contribution is -0.147. The number of carbonyl (C=O) groups is 3. The SMILES string of the molecule is NC1C(=O)N2C(C(=O)O)=C(CSc3n[nH]nc3C(=O)O)CS[C@H]12. The Labute approximate surface area is 137 Å². The van der Waals surface area contributed by atoms with Crippen molar-refractivity contribution in [2.45, 2.75) is 16.4 Å². The number of carbonyl (C=O) groups excluding carboxylic acids is 1. The van der Waals surface area contributed by atoms with Crippen LogP contribution in [0.1, 0.15) is 10.5 Å². The average Bonchev–Trinajstić information content (AvgIpc) is 2.99. The molecule has 1 amide bonds. The lowest BCUT2D eigenvalue weighted by atomic mass is 10.0. The molecule has 1 unspecified atom stereocenters. The number of fused-ring (bicyclic) bond motifs is 1. The fraction of sp³-hybridized carbons (Fsp3) is 0.364. The van der Waals surface area contributed by atoms with Crippen LogP contribution in [-0.4, -0.2) is 71.3 Å². The molecule has 1 aromatic rings. The lowest BCUT2D eigenvalue weighted by Crippen LogP contribution is -2.68. The highest BCUT2D eigenvalue weighted by Crippen LogP contribution is 2.40. The van der Waals surface area contributed by atoms with Crippen LogP contribution in [-0.2, 0) is 9.59 Å². The summed E-state index contributed by atoms with van der Waals surface area (Å²) >= 11 is 2.44. The van der Waals surface area contributed by atoms with Crippen molar-refractivity contribution in [2.24, 2.45) is 5.73 Å². The molecule has 0 radical (unpaired) electrons. The van der Waals surface area contributed by atoms with Gasteiger partial charge in [0.1, 0.15) is 17.1 Å². The fourth-order valence-electron chi connectivity index (χ4n) is 2.31. The van der Waals surface area contributed by atoms with E-state index < -0.39 is 23.9 Å². The van der Waals surface area contributed by atoms with Crippen LogP contribution in [0.4, 0.5) is 0 Å². The number of amides is 1. The fourth-order valence-corrected chi connectivity index (χ4v) is 4.65. The monoisotopic (exact) mass is 357 g/mol. The Bertz CT molecular complexity index is 732. The Morgan fingerprint density at radius 3 is 2.78 bits per heavy atom. The number of β-lactam (4-membered cyclic amide) rings is 1. The molecule has 5 N–H and O–H groups in total. The minimum atomic E-state index is -1.23. The normalized spacial score (nSPS) is 23.5. The molecule has 23 heavy (non-hydrogen) atoms. The van der Waals surface area contributed by atoms with Crippen LogP contribution in [0.25, 0.3) is 0 Å². The molecule has 2 aliphatic rings. The number of nitrogens with one attached hydrogen (secondary N) is 1. The topological polar surface area (TPSA) is 162 Å². The van der Waals surface area contributed by atoms with Gasteiger partial charge >= 0.3 is 11.9 Å². The molecule has 2 atom stereocenters. The van der Waals surface area contributed by atoms with Crippen LogP contribution >= 0.6 is 23.5 Å². The van der Waals surface area contributed by atoms with Crippen molar-refractivity contribution in [3.05, 3.63) is 17.0 Å². The molecule has 0 aliphatic carbocycles. The van der Waals surface area contributed by atoms with Crippen LogP contribution in [0.5, 0.6) is 0 Å². The quantitative estimate of drug-likeness (QED) is 0.386. The zero-order chi connectivity index (χ0) is 16.7. The molecular formula is C11H11N5O5S2. The van der Waals surface area contributed by atoms with Crippen molar-refractivity contribution in [1.82, 2.24) is 20.3 Å². The van der Waals surface area contributed by atoms with Gasteiger partial charge in [-0.25, -0.2) is 9.59 Å². The molecule has 0 aromatic carbocycles. The van der Waals surface area contributed by atoms with Crippen LogP contribution < -0.4 is 5.73 Å². The number of carboxylic acids is 2. The first-order valence-corrected chi connectivity index (χ1v) is 8.37. The number of aromatic carboxylic acids is 1. The van der Waals surface area contributed by atoms with E-state index in [4.69, 9.17) is 10.8 Å². The van der Waals surface area contributed by atoms with Crippen LogP contribution in [0.15, 0.2) is 16.3 Å². The first-order chi connectivity index (χ1) is 10.9. The van der Waals surface area contributed by atoms with Gasteiger partial charge in [0.2, 0.25) is 11.6 Å². The van der Waals surface area contributed by atoms with E-state index in [1.807, 2.05) is 0 Å². The van der Waals surface area contributed by atoms with Crippen molar-refractivity contribution in [3.63, 3.8) is 0 Å². The number of H-pyrrole nitrogens is 1. The van der Waals surface area contributed by atoms with Gasteiger partial charge in [-0.05, 0) is 5.57 Å². The van der Waals surface area contributed by atoms with Gasteiger partial charge in [0.25, 0.3) is 0 Å². The smallest absolute Gasteiger partial charge is 0.359 e. The maximum Gasteiger partial charge on any atom is 0.359 e. The predicted octanol–water partition coefficient (Wildman–Crippen LogP) is -0.824. The average molecular weight is 357 g/mol. The Hall–Kier alpha value is -2.05. The first kappa shape index (κ1) is 15.8. The van der Waals surface area contributed by atoms with Crippen molar-refractivity contribution in [2.75, 3.05) is 11.5 Å². The summed E-state index contributed by atoms with van der Waals surface area (Å²) in [4.78, 5) is 35.5. The number of carboxylic acid groups (broad SMARTS) is 2. The number of aromatic amines is 1. The maximum absolute atomic E-state index is 11.8. The van der Waals surface area contributed by atoms with E-state index in [2.05, 4.69) is 15.4 Å². The second-order valence-electron chi connectivity index (χ2n) is 4.76. The number of nitrogens with two attached hydrogens (primary N) is 1. The van der Waals surface area contributed by atoms with Gasteiger partial charge in [-0.2, -0.15) is 5.21 Å². The summed E-state index contributed by atoms with van der Waals surface area (Å²) in [5.74, 6) is -2.26. The van der Waals surface area contributed by atoms with E-state index in [1.165, 1.54) is 16.7 Å². The molecule has 0 spiro atoms. The Kier molecular flexibility index (Phi) is 4.04. The molecular weight excluding hydrogens is 346 g/mol. The third-order valence-corrected chi connectivity index (χ3v) is 5.80. The van der Waals surface area contributed by atoms with Gasteiger partial charge < -0.3 is 15.9 Å². The number of aliphatic carboxylic acids is 1. The summed E-state index contributed by atoms with van der Waals surface area (Å²) in [6.07, 6.45) is 0. The Balaban J connectivity index is 1.83. The van der Waals surface area contributed by atoms with E-state index in [9.17, 15) is 19.5 Å². The number of aromatic nitrogens is 3.